The summed E-state index contributed by atoms with van der Waals surface area (Å²) in [5.74, 6) is -0.883. The van der Waals surface area contributed by atoms with Gasteiger partial charge in [-0.25, -0.2) is 9.97 Å². The fourth-order valence-electron chi connectivity index (χ4n) is 3.48. The molecular weight excluding hydrogens is 373 g/mol. The lowest BCUT2D eigenvalue weighted by Gasteiger charge is -2.27. The van der Waals surface area contributed by atoms with Gasteiger partial charge in [0.2, 0.25) is 5.82 Å². The Kier molecular flexibility index (Phi) is 5.01. The summed E-state index contributed by atoms with van der Waals surface area (Å²) in [6, 6.07) is 11.0. The molecule has 4 rings (SSSR count). The van der Waals surface area contributed by atoms with Gasteiger partial charge in [0, 0.05) is 16.8 Å². The average molecular weight is 392 g/mol. The van der Waals surface area contributed by atoms with E-state index >= 15 is 0 Å². The average Bonchev–Trinajstić information content (AvgIpc) is 3.35. The van der Waals surface area contributed by atoms with Crippen LogP contribution in [0.4, 0.5) is 19.0 Å². The molecule has 1 aliphatic heterocycles. The fourth-order valence-corrected chi connectivity index (χ4v) is 4.34. The highest BCUT2D eigenvalue weighted by Crippen LogP contribution is 2.32. The summed E-state index contributed by atoms with van der Waals surface area (Å²) >= 11 is 1.67. The second-order valence-electron chi connectivity index (χ2n) is 6.57. The third-order valence-corrected chi connectivity index (χ3v) is 5.75. The molecule has 1 aromatic carbocycles. The Balaban J connectivity index is 1.65. The van der Waals surface area contributed by atoms with E-state index in [0.29, 0.717) is 11.9 Å². The van der Waals surface area contributed by atoms with Crippen molar-refractivity contribution in [1.82, 2.24) is 14.9 Å². The van der Waals surface area contributed by atoms with Crippen LogP contribution in [0, 0.1) is 0 Å². The molecule has 1 aliphatic rings. The van der Waals surface area contributed by atoms with Crippen molar-refractivity contribution in [2.45, 2.75) is 25.1 Å². The molecule has 0 aliphatic carbocycles. The van der Waals surface area contributed by atoms with Crippen molar-refractivity contribution in [3.05, 3.63) is 52.5 Å². The second-order valence-corrected chi connectivity index (χ2v) is 7.55. The van der Waals surface area contributed by atoms with Crippen LogP contribution >= 0.6 is 11.3 Å². The largest absolute Gasteiger partial charge is 0.451 e. The van der Waals surface area contributed by atoms with Crippen molar-refractivity contribution in [3.63, 3.8) is 0 Å². The smallest absolute Gasteiger partial charge is 0.367 e. The number of nitrogens with one attached hydrogen (secondary N) is 1. The van der Waals surface area contributed by atoms with E-state index in [0.717, 1.165) is 25.9 Å². The minimum absolute atomic E-state index is 0.121. The van der Waals surface area contributed by atoms with Gasteiger partial charge in [0.15, 0.2) is 0 Å². The molecule has 1 unspecified atom stereocenters. The normalized spacial score (nSPS) is 16.7. The lowest BCUT2D eigenvalue weighted by Crippen LogP contribution is -2.30. The topological polar surface area (TPSA) is 41.1 Å². The predicted molar refractivity (Wildman–Crippen MR) is 101 cm³/mol. The molecule has 4 nitrogen and oxygen atoms in total. The SMILES string of the molecule is FC(F)(F)c1nc(NCC(c2cccs2)N2CCCC2)c2ccccc2n1. The third-order valence-electron chi connectivity index (χ3n) is 4.77. The number of para-hydroxylation sites is 1. The number of hydrogen-bond acceptors (Lipinski definition) is 5. The van der Waals surface area contributed by atoms with Gasteiger partial charge < -0.3 is 5.32 Å². The van der Waals surface area contributed by atoms with E-state index in [1.807, 2.05) is 11.4 Å². The number of halogens is 3. The Labute approximate surface area is 159 Å². The molecule has 27 heavy (non-hydrogen) atoms. The van der Waals surface area contributed by atoms with E-state index in [9.17, 15) is 13.2 Å². The molecule has 0 spiro atoms. The number of likely N-dealkylation sites (tertiary alicyclic amines) is 1. The van der Waals surface area contributed by atoms with E-state index in [1.165, 1.54) is 4.88 Å². The van der Waals surface area contributed by atoms with Crippen LogP contribution in [0.2, 0.25) is 0 Å². The van der Waals surface area contributed by atoms with E-state index in [-0.39, 0.29) is 17.4 Å². The van der Waals surface area contributed by atoms with Crippen LogP contribution in [0.3, 0.4) is 0 Å². The van der Waals surface area contributed by atoms with Gasteiger partial charge in [-0.2, -0.15) is 13.2 Å². The molecule has 142 valence electrons. The van der Waals surface area contributed by atoms with Gasteiger partial charge in [-0.05, 0) is 49.5 Å². The number of rotatable bonds is 5. The van der Waals surface area contributed by atoms with E-state index in [2.05, 4.69) is 26.3 Å². The van der Waals surface area contributed by atoms with Gasteiger partial charge in [-0.15, -0.1) is 11.3 Å². The lowest BCUT2D eigenvalue weighted by atomic mass is 10.2. The van der Waals surface area contributed by atoms with Crippen LogP contribution in [0.5, 0.6) is 0 Å². The van der Waals surface area contributed by atoms with Gasteiger partial charge in [0.25, 0.3) is 0 Å². The summed E-state index contributed by atoms with van der Waals surface area (Å²) in [4.78, 5) is 11.1. The van der Waals surface area contributed by atoms with Crippen molar-refractivity contribution >= 4 is 28.1 Å². The van der Waals surface area contributed by atoms with Gasteiger partial charge in [-0.3, -0.25) is 4.90 Å². The van der Waals surface area contributed by atoms with Crippen molar-refractivity contribution < 1.29 is 13.2 Å². The Morgan fingerprint density at radius 2 is 1.85 bits per heavy atom. The lowest BCUT2D eigenvalue weighted by molar-refractivity contribution is -0.144. The molecule has 0 amide bonds. The Bertz CT molecular complexity index is 905. The second kappa shape index (κ2) is 7.44. The van der Waals surface area contributed by atoms with Crippen LogP contribution < -0.4 is 5.32 Å². The molecule has 0 bridgehead atoms. The van der Waals surface area contributed by atoms with Crippen molar-refractivity contribution in [2.75, 3.05) is 25.0 Å². The predicted octanol–water partition coefficient (Wildman–Crippen LogP) is 4.96. The monoisotopic (exact) mass is 392 g/mol. The van der Waals surface area contributed by atoms with Crippen molar-refractivity contribution in [1.29, 1.82) is 0 Å². The maximum absolute atomic E-state index is 13.2. The first-order chi connectivity index (χ1) is 13.0. The third kappa shape index (κ3) is 3.91. The number of alkyl halides is 3. The molecule has 1 fully saturated rings. The zero-order valence-electron chi connectivity index (χ0n) is 14.5. The Morgan fingerprint density at radius 1 is 1.07 bits per heavy atom. The summed E-state index contributed by atoms with van der Waals surface area (Å²) in [6.45, 7) is 2.50. The number of fused-ring (bicyclic) bond motifs is 1. The van der Waals surface area contributed by atoms with Gasteiger partial charge in [0.05, 0.1) is 11.6 Å². The minimum atomic E-state index is -4.58. The molecule has 1 atom stereocenters. The Morgan fingerprint density at radius 3 is 2.56 bits per heavy atom. The van der Waals surface area contributed by atoms with Crippen LogP contribution in [-0.2, 0) is 6.18 Å². The summed E-state index contributed by atoms with van der Waals surface area (Å²) in [7, 11) is 0. The molecule has 8 heteroatoms. The summed E-state index contributed by atoms with van der Waals surface area (Å²) in [6.07, 6.45) is -2.28. The molecule has 3 heterocycles. The fraction of sp³-hybridized carbons (Fsp3) is 0.368. The van der Waals surface area contributed by atoms with E-state index in [4.69, 9.17) is 0 Å². The molecule has 2 aromatic heterocycles. The van der Waals surface area contributed by atoms with Crippen molar-refractivity contribution in [3.8, 4) is 0 Å². The maximum Gasteiger partial charge on any atom is 0.451 e. The van der Waals surface area contributed by atoms with Gasteiger partial charge >= 0.3 is 6.18 Å². The molecule has 1 N–H and O–H groups in total. The highest BCUT2D eigenvalue weighted by atomic mass is 32.1. The number of aromatic nitrogens is 2. The molecule has 3 aromatic rings. The van der Waals surface area contributed by atoms with E-state index in [1.54, 1.807) is 35.6 Å². The first-order valence-electron chi connectivity index (χ1n) is 8.88. The van der Waals surface area contributed by atoms with Gasteiger partial charge in [-0.1, -0.05) is 18.2 Å². The first kappa shape index (κ1) is 18.2. The molecule has 0 saturated carbocycles. The standard InChI is InChI=1S/C19H19F3N4S/c20-19(21,22)18-24-14-7-2-1-6-13(14)17(25-18)23-12-15(16-8-5-11-27-16)26-9-3-4-10-26/h1-2,5-8,11,15H,3-4,9-10,12H2,(H,23,24,25). The first-order valence-corrected chi connectivity index (χ1v) is 9.75. The molecule has 1 saturated heterocycles. The number of anilines is 1. The highest BCUT2D eigenvalue weighted by molar-refractivity contribution is 7.10. The molecular formula is C19H19F3N4S. The zero-order valence-corrected chi connectivity index (χ0v) is 15.4. The summed E-state index contributed by atoms with van der Waals surface area (Å²) in [5.41, 5.74) is 0.288. The minimum Gasteiger partial charge on any atom is -0.367 e. The quantitative estimate of drug-likeness (QED) is 0.666. The van der Waals surface area contributed by atoms with Crippen LogP contribution in [0.1, 0.15) is 29.6 Å². The number of nitrogens with zero attached hydrogens (tertiary/aromatic N) is 3. The van der Waals surface area contributed by atoms with E-state index < -0.39 is 12.0 Å². The van der Waals surface area contributed by atoms with Crippen LogP contribution in [0.15, 0.2) is 41.8 Å². The zero-order chi connectivity index (χ0) is 18.9. The number of hydrogen-bond donors (Lipinski definition) is 1. The molecule has 0 radical (unpaired) electrons. The van der Waals surface area contributed by atoms with Gasteiger partial charge in [0.1, 0.15) is 5.82 Å². The maximum atomic E-state index is 13.2. The number of thiophene rings is 1. The summed E-state index contributed by atoms with van der Waals surface area (Å²) < 4.78 is 39.6. The van der Waals surface area contributed by atoms with Crippen LogP contribution in [-0.4, -0.2) is 34.5 Å². The van der Waals surface area contributed by atoms with Crippen molar-refractivity contribution in [2.24, 2.45) is 0 Å². The Hall–Kier alpha value is -2.19. The highest BCUT2D eigenvalue weighted by Gasteiger charge is 2.35. The van der Waals surface area contributed by atoms with Crippen LogP contribution in [0.25, 0.3) is 10.9 Å². The summed E-state index contributed by atoms with van der Waals surface area (Å²) in [5, 5.41) is 5.80. The number of benzene rings is 1.